The molecule has 6 nitrogen and oxygen atoms in total. The molecule has 0 saturated carbocycles. The molecule has 1 amide bonds. The monoisotopic (exact) mass is 251 g/mol. The summed E-state index contributed by atoms with van der Waals surface area (Å²) >= 11 is 0. The van der Waals surface area contributed by atoms with Gasteiger partial charge in [-0.2, -0.15) is 0 Å². The Labute approximate surface area is 107 Å². The van der Waals surface area contributed by atoms with Gasteiger partial charge in [0.05, 0.1) is 12.1 Å². The molecule has 1 aromatic rings. The third kappa shape index (κ3) is 3.07. The first kappa shape index (κ1) is 13.0. The van der Waals surface area contributed by atoms with Gasteiger partial charge in [-0.25, -0.2) is 0 Å². The largest absolute Gasteiger partial charge is 0.345 e. The highest BCUT2D eigenvalue weighted by Gasteiger charge is 2.22. The highest BCUT2D eigenvalue weighted by Crippen LogP contribution is 2.11. The van der Waals surface area contributed by atoms with E-state index in [9.17, 15) is 4.79 Å². The molecule has 100 valence electrons. The maximum absolute atomic E-state index is 12.1. The first-order chi connectivity index (χ1) is 8.68. The summed E-state index contributed by atoms with van der Waals surface area (Å²) in [7, 11) is 1.88. The fourth-order valence-corrected chi connectivity index (χ4v) is 2.32. The third-order valence-electron chi connectivity index (χ3n) is 3.37. The van der Waals surface area contributed by atoms with Crippen molar-refractivity contribution < 1.29 is 4.79 Å². The van der Waals surface area contributed by atoms with E-state index < -0.39 is 0 Å². The van der Waals surface area contributed by atoms with Crippen LogP contribution in [0.5, 0.6) is 0 Å². The second kappa shape index (κ2) is 5.95. The number of aromatic nitrogens is 3. The van der Waals surface area contributed by atoms with Gasteiger partial charge in [0.25, 0.3) is 0 Å². The first-order valence-electron chi connectivity index (χ1n) is 6.56. The minimum absolute atomic E-state index is 0.0624. The Kier molecular flexibility index (Phi) is 4.30. The predicted molar refractivity (Wildman–Crippen MR) is 67.8 cm³/mol. The van der Waals surface area contributed by atoms with E-state index in [0.717, 1.165) is 31.6 Å². The highest BCUT2D eigenvalue weighted by molar-refractivity contribution is 5.82. The smallest absolute Gasteiger partial charge is 0.237 e. The van der Waals surface area contributed by atoms with Gasteiger partial charge in [0.15, 0.2) is 5.82 Å². The van der Waals surface area contributed by atoms with E-state index in [4.69, 9.17) is 0 Å². The summed E-state index contributed by atoms with van der Waals surface area (Å²) < 4.78 is 1.82. The molecule has 2 atom stereocenters. The van der Waals surface area contributed by atoms with Crippen LogP contribution in [0.3, 0.4) is 0 Å². The van der Waals surface area contributed by atoms with E-state index in [-0.39, 0.29) is 18.0 Å². The topological polar surface area (TPSA) is 71.8 Å². The molecule has 2 unspecified atom stereocenters. The lowest BCUT2D eigenvalue weighted by Crippen LogP contribution is -2.44. The minimum Gasteiger partial charge on any atom is -0.345 e. The molecule has 1 fully saturated rings. The van der Waals surface area contributed by atoms with Gasteiger partial charge < -0.3 is 15.2 Å². The molecule has 1 aromatic heterocycles. The lowest BCUT2D eigenvalue weighted by atomic mass is 10.1. The molecule has 2 rings (SSSR count). The van der Waals surface area contributed by atoms with Gasteiger partial charge in [0.2, 0.25) is 5.91 Å². The maximum atomic E-state index is 12.1. The summed E-state index contributed by atoms with van der Waals surface area (Å²) in [4.78, 5) is 12.1. The molecule has 1 saturated heterocycles. The zero-order chi connectivity index (χ0) is 13.0. The number of aryl methyl sites for hydroxylation is 1. The van der Waals surface area contributed by atoms with Gasteiger partial charge in [-0.05, 0) is 26.3 Å². The van der Waals surface area contributed by atoms with Gasteiger partial charge in [-0.3, -0.25) is 4.79 Å². The predicted octanol–water partition coefficient (Wildman–Crippen LogP) is 0.524. The number of amides is 1. The van der Waals surface area contributed by atoms with E-state index >= 15 is 0 Å². The Morgan fingerprint density at radius 2 is 2.39 bits per heavy atom. The van der Waals surface area contributed by atoms with Crippen molar-refractivity contribution in [3.05, 3.63) is 12.2 Å². The van der Waals surface area contributed by atoms with Crippen molar-refractivity contribution >= 4 is 5.91 Å². The van der Waals surface area contributed by atoms with Gasteiger partial charge in [-0.15, -0.1) is 10.2 Å². The molecular formula is C12H21N5O. The van der Waals surface area contributed by atoms with Crippen LogP contribution in [-0.4, -0.2) is 33.3 Å². The van der Waals surface area contributed by atoms with E-state index in [1.165, 1.54) is 6.42 Å². The third-order valence-corrected chi connectivity index (χ3v) is 3.37. The summed E-state index contributed by atoms with van der Waals surface area (Å²) in [5.74, 6) is 0.837. The van der Waals surface area contributed by atoms with E-state index in [1.54, 1.807) is 6.33 Å². The van der Waals surface area contributed by atoms with Gasteiger partial charge in [0.1, 0.15) is 6.33 Å². The van der Waals surface area contributed by atoms with Crippen LogP contribution in [-0.2, 0) is 11.8 Å². The maximum Gasteiger partial charge on any atom is 0.237 e. The minimum atomic E-state index is -0.116. The first-order valence-corrected chi connectivity index (χ1v) is 6.56. The van der Waals surface area contributed by atoms with Gasteiger partial charge in [0, 0.05) is 7.05 Å². The average Bonchev–Trinajstić information content (AvgIpc) is 2.63. The number of carbonyl (C=O) groups excluding carboxylic acids is 1. The molecule has 0 aliphatic carbocycles. The molecule has 0 spiro atoms. The van der Waals surface area contributed by atoms with Crippen molar-refractivity contribution in [2.45, 2.75) is 44.7 Å². The number of hydrogen-bond acceptors (Lipinski definition) is 4. The van der Waals surface area contributed by atoms with Crippen LogP contribution in [0.2, 0.25) is 0 Å². The Hall–Kier alpha value is -1.43. The van der Waals surface area contributed by atoms with Crippen LogP contribution in [0.4, 0.5) is 0 Å². The fraction of sp³-hybridized carbons (Fsp3) is 0.750. The van der Waals surface area contributed by atoms with Crippen molar-refractivity contribution in [1.29, 1.82) is 0 Å². The molecular weight excluding hydrogens is 230 g/mol. The number of nitrogens with zero attached hydrogens (tertiary/aromatic N) is 3. The summed E-state index contributed by atoms with van der Waals surface area (Å²) in [6.45, 7) is 2.86. The molecule has 1 aliphatic rings. The standard InChI is InChI=1S/C12H21N5O/c1-9(11-16-14-8-17(11)2)15-12(18)10-6-4-3-5-7-13-10/h8-10,13H,3-7H2,1-2H3,(H,15,18). The van der Waals surface area contributed by atoms with Crippen molar-refractivity contribution in [3.63, 3.8) is 0 Å². The van der Waals surface area contributed by atoms with Crippen LogP contribution in [0, 0.1) is 0 Å². The van der Waals surface area contributed by atoms with Gasteiger partial charge >= 0.3 is 0 Å². The summed E-state index contributed by atoms with van der Waals surface area (Å²) in [5.41, 5.74) is 0. The lowest BCUT2D eigenvalue weighted by molar-refractivity contribution is -0.124. The number of rotatable bonds is 3. The zero-order valence-corrected chi connectivity index (χ0v) is 11.0. The lowest BCUT2D eigenvalue weighted by Gasteiger charge is -2.19. The van der Waals surface area contributed by atoms with Crippen molar-refractivity contribution in [3.8, 4) is 0 Å². The van der Waals surface area contributed by atoms with E-state index in [2.05, 4.69) is 20.8 Å². The molecule has 18 heavy (non-hydrogen) atoms. The van der Waals surface area contributed by atoms with Crippen LogP contribution in [0.1, 0.15) is 44.5 Å². The SMILES string of the molecule is CC(NC(=O)C1CCCCCN1)c1nncn1C. The summed E-state index contributed by atoms with van der Waals surface area (Å²) in [6.07, 6.45) is 6.03. The molecule has 2 N–H and O–H groups in total. The Balaban J connectivity index is 1.92. The highest BCUT2D eigenvalue weighted by atomic mass is 16.2. The quantitative estimate of drug-likeness (QED) is 0.821. The van der Waals surface area contributed by atoms with Crippen LogP contribution < -0.4 is 10.6 Å². The normalized spacial score (nSPS) is 22.2. The molecule has 0 bridgehead atoms. The zero-order valence-electron chi connectivity index (χ0n) is 11.0. The number of nitrogens with one attached hydrogen (secondary N) is 2. The average molecular weight is 251 g/mol. The second-order valence-electron chi connectivity index (χ2n) is 4.89. The number of carbonyl (C=O) groups is 1. The van der Waals surface area contributed by atoms with Crippen LogP contribution in [0.25, 0.3) is 0 Å². The Morgan fingerprint density at radius 3 is 3.11 bits per heavy atom. The Bertz CT molecular complexity index is 395. The van der Waals surface area contributed by atoms with Crippen molar-refractivity contribution in [2.75, 3.05) is 6.54 Å². The Morgan fingerprint density at radius 1 is 1.56 bits per heavy atom. The summed E-state index contributed by atoms with van der Waals surface area (Å²) in [6, 6.07) is -0.182. The van der Waals surface area contributed by atoms with Crippen molar-refractivity contribution in [1.82, 2.24) is 25.4 Å². The molecule has 0 aromatic carbocycles. The molecule has 1 aliphatic heterocycles. The van der Waals surface area contributed by atoms with E-state index in [0.29, 0.717) is 0 Å². The molecule has 6 heteroatoms. The van der Waals surface area contributed by atoms with Crippen LogP contribution >= 0.6 is 0 Å². The summed E-state index contributed by atoms with van der Waals surface area (Å²) in [5, 5.41) is 14.1. The van der Waals surface area contributed by atoms with E-state index in [1.807, 2.05) is 18.5 Å². The second-order valence-corrected chi connectivity index (χ2v) is 4.89. The molecule has 0 radical (unpaired) electrons. The van der Waals surface area contributed by atoms with Crippen LogP contribution in [0.15, 0.2) is 6.33 Å². The van der Waals surface area contributed by atoms with Gasteiger partial charge in [-0.1, -0.05) is 12.8 Å². The fourth-order valence-electron chi connectivity index (χ4n) is 2.32. The molecule has 2 heterocycles. The van der Waals surface area contributed by atoms with Crippen molar-refractivity contribution in [2.24, 2.45) is 7.05 Å². The number of hydrogen-bond donors (Lipinski definition) is 2.